The summed E-state index contributed by atoms with van der Waals surface area (Å²) in [7, 11) is 0. The number of hydrogen-bond acceptors (Lipinski definition) is 6. The summed E-state index contributed by atoms with van der Waals surface area (Å²) in [6.07, 6.45) is 0.983. The standard InChI is InChI=1S/C19H24O6/c1-8(2)14-19-9(7-11(21)23-14)17(3)6-5-10(20)18(4)13(17)12(15(19)25-19)24-16(18)22/h7-8,10,12-15,20H,5-6H2,1-4H3/t10-,12-,13+,14?,15+,17+,18-,19?/m0/s1. The third-order valence-corrected chi connectivity index (χ3v) is 7.53. The molecule has 3 heterocycles. The second-order valence-corrected chi connectivity index (χ2v) is 9.09. The second-order valence-electron chi connectivity index (χ2n) is 9.09. The highest BCUT2D eigenvalue weighted by molar-refractivity contribution is 5.87. The van der Waals surface area contributed by atoms with E-state index in [4.69, 9.17) is 14.2 Å². The zero-order chi connectivity index (χ0) is 17.9. The van der Waals surface area contributed by atoms with Gasteiger partial charge in [0.15, 0.2) is 5.60 Å². The molecule has 2 aliphatic carbocycles. The Bertz CT molecular complexity index is 727. The Morgan fingerprint density at radius 1 is 1.24 bits per heavy atom. The molecule has 1 N–H and O–H groups in total. The molecule has 0 amide bonds. The first-order chi connectivity index (χ1) is 11.7. The van der Waals surface area contributed by atoms with Crippen LogP contribution in [0.15, 0.2) is 11.6 Å². The van der Waals surface area contributed by atoms with Gasteiger partial charge in [0.25, 0.3) is 0 Å². The Balaban J connectivity index is 1.72. The number of rotatable bonds is 1. The third-order valence-electron chi connectivity index (χ3n) is 7.53. The Morgan fingerprint density at radius 3 is 2.64 bits per heavy atom. The molecule has 0 radical (unpaired) electrons. The number of hydrogen-bond donors (Lipinski definition) is 1. The molecule has 0 aromatic rings. The van der Waals surface area contributed by atoms with E-state index in [9.17, 15) is 14.7 Å². The molecule has 5 aliphatic rings. The molecule has 1 spiro atoms. The van der Waals surface area contributed by atoms with Crippen molar-refractivity contribution in [2.45, 2.75) is 70.6 Å². The lowest BCUT2D eigenvalue weighted by Gasteiger charge is -2.55. The van der Waals surface area contributed by atoms with Crippen molar-refractivity contribution < 1.29 is 28.9 Å². The van der Waals surface area contributed by atoms with E-state index in [1.165, 1.54) is 0 Å². The van der Waals surface area contributed by atoms with E-state index in [-0.39, 0.29) is 36.0 Å². The van der Waals surface area contributed by atoms with Crippen LogP contribution in [-0.4, -0.2) is 47.1 Å². The van der Waals surface area contributed by atoms with Crippen LogP contribution in [0.5, 0.6) is 0 Å². The van der Waals surface area contributed by atoms with Crippen molar-refractivity contribution in [1.82, 2.24) is 0 Å². The summed E-state index contributed by atoms with van der Waals surface area (Å²) in [6, 6.07) is 0. The number of carbonyl (C=O) groups excluding carboxylic acids is 2. The molecule has 3 aliphatic heterocycles. The lowest BCUT2D eigenvalue weighted by molar-refractivity contribution is -0.157. The van der Waals surface area contributed by atoms with Crippen LogP contribution in [0.3, 0.4) is 0 Å². The highest BCUT2D eigenvalue weighted by atomic mass is 16.7. The van der Waals surface area contributed by atoms with Gasteiger partial charge in [-0.3, -0.25) is 4.79 Å². The SMILES string of the molecule is CC(C)C1OC(=O)C=C2C13O[C@@H]3[C@H]1OC(=O)[C@@]3(C)[C@@H](O)CC[C@@]2(C)[C@@H]13. The molecule has 8 atom stereocenters. The van der Waals surface area contributed by atoms with Crippen molar-refractivity contribution in [2.24, 2.45) is 22.7 Å². The van der Waals surface area contributed by atoms with Crippen molar-refractivity contribution in [1.29, 1.82) is 0 Å². The fourth-order valence-electron chi connectivity index (χ4n) is 6.39. The van der Waals surface area contributed by atoms with Crippen molar-refractivity contribution in [2.75, 3.05) is 0 Å². The molecule has 2 saturated carbocycles. The number of aliphatic hydroxyl groups excluding tert-OH is 1. The summed E-state index contributed by atoms with van der Waals surface area (Å²) in [5.41, 5.74) is -1.11. The number of cyclic esters (lactones) is 1. The van der Waals surface area contributed by atoms with Crippen LogP contribution in [0.4, 0.5) is 0 Å². The van der Waals surface area contributed by atoms with Crippen LogP contribution in [0.1, 0.15) is 40.5 Å². The van der Waals surface area contributed by atoms with Crippen molar-refractivity contribution in [3.05, 3.63) is 11.6 Å². The van der Waals surface area contributed by atoms with Gasteiger partial charge in [-0.1, -0.05) is 20.8 Å². The predicted molar refractivity (Wildman–Crippen MR) is 85.2 cm³/mol. The molecule has 4 fully saturated rings. The summed E-state index contributed by atoms with van der Waals surface area (Å²) in [5, 5.41) is 10.6. The van der Waals surface area contributed by atoms with Crippen LogP contribution < -0.4 is 0 Å². The topological polar surface area (TPSA) is 85.4 Å². The average molecular weight is 348 g/mol. The number of epoxide rings is 1. The van der Waals surface area contributed by atoms with Gasteiger partial charge in [0, 0.05) is 12.0 Å². The number of aliphatic hydroxyl groups is 1. The lowest BCUT2D eigenvalue weighted by Crippen LogP contribution is -2.63. The Hall–Kier alpha value is -1.40. The van der Waals surface area contributed by atoms with E-state index in [0.29, 0.717) is 12.8 Å². The predicted octanol–water partition coefficient (Wildman–Crippen LogP) is 1.35. The van der Waals surface area contributed by atoms with Crippen molar-refractivity contribution in [3.63, 3.8) is 0 Å². The zero-order valence-corrected chi connectivity index (χ0v) is 14.9. The number of fused-ring (bicyclic) bond motifs is 2. The highest BCUT2D eigenvalue weighted by Gasteiger charge is 2.83. The van der Waals surface area contributed by atoms with Gasteiger partial charge < -0.3 is 19.3 Å². The maximum absolute atomic E-state index is 12.7. The van der Waals surface area contributed by atoms with E-state index < -0.39 is 28.6 Å². The lowest BCUT2D eigenvalue weighted by atomic mass is 9.46. The summed E-state index contributed by atoms with van der Waals surface area (Å²) < 4.78 is 17.6. The van der Waals surface area contributed by atoms with Gasteiger partial charge in [0.2, 0.25) is 0 Å². The molecular formula is C19H24O6. The minimum absolute atomic E-state index is 0.0930. The molecule has 136 valence electrons. The summed E-state index contributed by atoms with van der Waals surface area (Å²) in [4.78, 5) is 25.0. The van der Waals surface area contributed by atoms with Gasteiger partial charge >= 0.3 is 11.9 Å². The van der Waals surface area contributed by atoms with Crippen LogP contribution in [0.25, 0.3) is 0 Å². The Labute approximate surface area is 146 Å². The molecule has 5 rings (SSSR count). The number of carbonyl (C=O) groups is 2. The van der Waals surface area contributed by atoms with Gasteiger partial charge in [-0.15, -0.1) is 0 Å². The second kappa shape index (κ2) is 4.29. The first kappa shape index (κ1) is 15.8. The molecule has 6 heteroatoms. The van der Waals surface area contributed by atoms with E-state index in [1.54, 1.807) is 13.0 Å². The van der Waals surface area contributed by atoms with Gasteiger partial charge in [-0.05, 0) is 36.7 Å². The molecular weight excluding hydrogens is 324 g/mol. The number of ether oxygens (including phenoxy) is 3. The van der Waals surface area contributed by atoms with Crippen molar-refractivity contribution >= 4 is 11.9 Å². The molecule has 6 nitrogen and oxygen atoms in total. The summed E-state index contributed by atoms with van der Waals surface area (Å²) in [6.45, 7) is 7.92. The zero-order valence-electron chi connectivity index (χ0n) is 14.9. The van der Waals surface area contributed by atoms with Crippen molar-refractivity contribution in [3.8, 4) is 0 Å². The Kier molecular flexibility index (Phi) is 2.71. The van der Waals surface area contributed by atoms with Crippen LogP contribution >= 0.6 is 0 Å². The van der Waals surface area contributed by atoms with Crippen LogP contribution in [0, 0.1) is 22.7 Å². The molecule has 2 saturated heterocycles. The molecule has 25 heavy (non-hydrogen) atoms. The van der Waals surface area contributed by atoms with E-state index in [2.05, 4.69) is 6.92 Å². The summed E-state index contributed by atoms with van der Waals surface area (Å²) in [5.74, 6) is -0.789. The van der Waals surface area contributed by atoms with Gasteiger partial charge in [-0.2, -0.15) is 0 Å². The number of esters is 2. The average Bonchev–Trinajstić information content (AvgIpc) is 3.20. The first-order valence-electron chi connectivity index (χ1n) is 9.17. The minimum Gasteiger partial charge on any atom is -0.459 e. The molecule has 2 unspecified atom stereocenters. The van der Waals surface area contributed by atoms with Gasteiger partial charge in [-0.25, -0.2) is 4.79 Å². The van der Waals surface area contributed by atoms with E-state index in [0.717, 1.165) is 5.57 Å². The largest absolute Gasteiger partial charge is 0.459 e. The fourth-order valence-corrected chi connectivity index (χ4v) is 6.39. The smallest absolute Gasteiger partial charge is 0.331 e. The monoisotopic (exact) mass is 348 g/mol. The van der Waals surface area contributed by atoms with Crippen LogP contribution in [-0.2, 0) is 23.8 Å². The minimum atomic E-state index is -0.953. The Morgan fingerprint density at radius 2 is 1.96 bits per heavy atom. The van der Waals surface area contributed by atoms with E-state index in [1.807, 2.05) is 13.8 Å². The van der Waals surface area contributed by atoms with E-state index >= 15 is 0 Å². The van der Waals surface area contributed by atoms with Crippen LogP contribution in [0.2, 0.25) is 0 Å². The normalized spacial score (nSPS) is 55.6. The summed E-state index contributed by atoms with van der Waals surface area (Å²) >= 11 is 0. The highest BCUT2D eigenvalue weighted by Crippen LogP contribution is 2.72. The van der Waals surface area contributed by atoms with Gasteiger partial charge in [0.05, 0.1) is 11.5 Å². The maximum Gasteiger partial charge on any atom is 0.331 e. The third kappa shape index (κ3) is 1.51. The van der Waals surface area contributed by atoms with Gasteiger partial charge in [0.1, 0.15) is 18.3 Å². The molecule has 0 aromatic heterocycles. The molecule has 0 bridgehead atoms. The molecule has 0 aromatic carbocycles. The quantitative estimate of drug-likeness (QED) is 0.569. The first-order valence-corrected chi connectivity index (χ1v) is 9.17. The fraction of sp³-hybridized carbons (Fsp3) is 0.789. The maximum atomic E-state index is 12.7.